The predicted octanol–water partition coefficient (Wildman–Crippen LogP) is 10.8. The number of hydrogen-bond acceptors (Lipinski definition) is 2. The number of nitrogens with one attached hydrogen (secondary N) is 1. The smallest absolute Gasteiger partial charge is 0.0665 e. The second kappa shape index (κ2) is 13.5. The van der Waals surface area contributed by atoms with Gasteiger partial charge in [-0.2, -0.15) is 0 Å². The van der Waals surface area contributed by atoms with E-state index in [1.807, 2.05) is 32.0 Å². The fraction of sp³-hybridized carbons (Fsp3) is 0.116. The van der Waals surface area contributed by atoms with E-state index in [4.69, 9.17) is 5.73 Å². The lowest BCUT2D eigenvalue weighted by Crippen LogP contribution is -2.27. The van der Waals surface area contributed by atoms with Gasteiger partial charge in [0, 0.05) is 22.6 Å². The average molecular weight is 585 g/mol. The van der Waals surface area contributed by atoms with Crippen LogP contribution in [0.15, 0.2) is 152 Å². The minimum Gasteiger partial charge on any atom is -0.397 e. The lowest BCUT2D eigenvalue weighted by atomic mass is 9.94. The van der Waals surface area contributed by atoms with Crippen LogP contribution >= 0.6 is 0 Å². The summed E-state index contributed by atoms with van der Waals surface area (Å²) in [4.78, 5) is 0. The summed E-state index contributed by atoms with van der Waals surface area (Å²) in [7, 11) is 0. The Kier molecular flexibility index (Phi) is 8.94. The molecule has 1 atom stereocenters. The van der Waals surface area contributed by atoms with E-state index in [0.29, 0.717) is 0 Å². The second-order valence-electron chi connectivity index (χ2n) is 11.3. The molecule has 222 valence electrons. The Hall–Kier alpha value is -5.34. The average Bonchev–Trinajstić information content (AvgIpc) is 3.38. The van der Waals surface area contributed by atoms with Crippen LogP contribution in [0.1, 0.15) is 42.5 Å². The Morgan fingerprint density at radius 1 is 0.600 bits per heavy atom. The standard InChI is InChI=1S/C34H26N2.C7H8.C2H6/c35-33-30-9-3-7-26-8-4-10-31(32(26)30)34(33)36-29-19-17-24(18-20-29)23-11-13-25(14-12-23)28-16-15-22-5-1-2-6-27(22)21-28;1-7-5-3-2-4-6-7;1-2/h1-19,21,29,36H,20,35H2;2-6H,1H3;1-2H3. The molecule has 0 heterocycles. The zero-order valence-electron chi connectivity index (χ0n) is 26.3. The zero-order chi connectivity index (χ0) is 31.2. The van der Waals surface area contributed by atoms with Gasteiger partial charge in [-0.25, -0.2) is 0 Å². The van der Waals surface area contributed by atoms with Crippen molar-refractivity contribution in [1.82, 2.24) is 5.32 Å². The van der Waals surface area contributed by atoms with Crippen molar-refractivity contribution in [1.29, 1.82) is 0 Å². The summed E-state index contributed by atoms with van der Waals surface area (Å²) in [5, 5.41) is 8.75. The summed E-state index contributed by atoms with van der Waals surface area (Å²) in [5.41, 5.74) is 17.1. The molecule has 0 bridgehead atoms. The van der Waals surface area contributed by atoms with Crippen molar-refractivity contribution in [2.45, 2.75) is 33.2 Å². The summed E-state index contributed by atoms with van der Waals surface area (Å²) in [6.07, 6.45) is 7.73. The molecule has 0 amide bonds. The molecule has 0 aliphatic heterocycles. The van der Waals surface area contributed by atoms with Gasteiger partial charge in [-0.1, -0.05) is 165 Å². The molecule has 8 rings (SSSR count). The zero-order valence-corrected chi connectivity index (χ0v) is 26.3. The molecular weight excluding hydrogens is 544 g/mol. The first-order valence-corrected chi connectivity index (χ1v) is 15.9. The molecule has 2 aliphatic rings. The largest absolute Gasteiger partial charge is 0.397 e. The molecule has 0 saturated carbocycles. The number of nitrogens with two attached hydrogens (primary N) is 1. The molecule has 0 radical (unpaired) electrons. The molecule has 6 aromatic carbocycles. The van der Waals surface area contributed by atoms with Crippen LogP contribution in [0.2, 0.25) is 0 Å². The first-order chi connectivity index (χ1) is 22.1. The topological polar surface area (TPSA) is 38.0 Å². The van der Waals surface area contributed by atoms with Crippen molar-refractivity contribution >= 4 is 38.5 Å². The van der Waals surface area contributed by atoms with Crippen LogP contribution in [0.4, 0.5) is 0 Å². The van der Waals surface area contributed by atoms with Crippen LogP contribution < -0.4 is 11.1 Å². The van der Waals surface area contributed by atoms with Gasteiger partial charge in [0.05, 0.1) is 11.4 Å². The molecular formula is C43H40N2. The Morgan fingerprint density at radius 3 is 1.89 bits per heavy atom. The first-order valence-electron chi connectivity index (χ1n) is 15.9. The van der Waals surface area contributed by atoms with Gasteiger partial charge in [-0.15, -0.1) is 0 Å². The van der Waals surface area contributed by atoms with E-state index in [9.17, 15) is 0 Å². The molecule has 0 spiro atoms. The molecule has 2 heteroatoms. The third-order valence-corrected chi connectivity index (χ3v) is 8.40. The van der Waals surface area contributed by atoms with Crippen LogP contribution in [0.5, 0.6) is 0 Å². The maximum atomic E-state index is 6.59. The molecule has 0 fully saturated rings. The Morgan fingerprint density at radius 2 is 1.22 bits per heavy atom. The molecule has 2 nitrogen and oxygen atoms in total. The van der Waals surface area contributed by atoms with Crippen molar-refractivity contribution in [3.63, 3.8) is 0 Å². The van der Waals surface area contributed by atoms with E-state index in [2.05, 4.69) is 146 Å². The summed E-state index contributed by atoms with van der Waals surface area (Å²) in [5.74, 6) is 0. The van der Waals surface area contributed by atoms with Crippen molar-refractivity contribution in [3.05, 3.63) is 174 Å². The fourth-order valence-electron chi connectivity index (χ4n) is 6.09. The Balaban J connectivity index is 0.000000348. The molecule has 6 aromatic rings. The highest BCUT2D eigenvalue weighted by Gasteiger charge is 2.23. The van der Waals surface area contributed by atoms with Gasteiger partial charge in [0.25, 0.3) is 0 Å². The van der Waals surface area contributed by atoms with Crippen molar-refractivity contribution < 1.29 is 0 Å². The van der Waals surface area contributed by atoms with E-state index in [0.717, 1.165) is 23.4 Å². The highest BCUT2D eigenvalue weighted by atomic mass is 14.9. The summed E-state index contributed by atoms with van der Waals surface area (Å²) in [6, 6.07) is 47.3. The molecule has 1 unspecified atom stereocenters. The molecule has 0 aromatic heterocycles. The van der Waals surface area contributed by atoms with Gasteiger partial charge < -0.3 is 11.1 Å². The third kappa shape index (κ3) is 6.32. The number of rotatable bonds is 4. The maximum Gasteiger partial charge on any atom is 0.0665 e. The van der Waals surface area contributed by atoms with E-state index in [1.54, 1.807) is 0 Å². The third-order valence-electron chi connectivity index (χ3n) is 8.40. The number of fused-ring (bicyclic) bond motifs is 1. The van der Waals surface area contributed by atoms with Gasteiger partial charge in [0.15, 0.2) is 0 Å². The van der Waals surface area contributed by atoms with Crippen LogP contribution in [0.3, 0.4) is 0 Å². The lowest BCUT2D eigenvalue weighted by Gasteiger charge is -2.21. The first kappa shape index (κ1) is 29.7. The van der Waals surface area contributed by atoms with Crippen molar-refractivity contribution in [2.75, 3.05) is 0 Å². The summed E-state index contributed by atoms with van der Waals surface area (Å²) >= 11 is 0. The van der Waals surface area contributed by atoms with Crippen LogP contribution in [0.25, 0.3) is 49.6 Å². The van der Waals surface area contributed by atoms with Crippen molar-refractivity contribution in [2.24, 2.45) is 5.73 Å². The number of aryl methyl sites for hydroxylation is 1. The van der Waals surface area contributed by atoms with Gasteiger partial charge >= 0.3 is 0 Å². The van der Waals surface area contributed by atoms with Crippen molar-refractivity contribution in [3.8, 4) is 11.1 Å². The minimum atomic E-state index is 0.212. The highest BCUT2D eigenvalue weighted by molar-refractivity contribution is 6.12. The molecule has 3 N–H and O–H groups in total. The second-order valence-corrected chi connectivity index (χ2v) is 11.3. The predicted molar refractivity (Wildman–Crippen MR) is 196 cm³/mol. The summed E-state index contributed by atoms with van der Waals surface area (Å²) < 4.78 is 0. The number of benzene rings is 6. The minimum absolute atomic E-state index is 0.212. The number of hydrogen-bond donors (Lipinski definition) is 2. The maximum absolute atomic E-state index is 6.59. The molecule has 45 heavy (non-hydrogen) atoms. The van der Waals surface area contributed by atoms with E-state index < -0.39 is 0 Å². The SMILES string of the molecule is CC.Cc1ccccc1.NC1=C(NC2C=CC(c3ccc(-c4ccc5ccccc5c4)cc3)=CC2)c2cccc3cccc1c23. The normalized spacial score (nSPS) is 14.7. The highest BCUT2D eigenvalue weighted by Crippen LogP contribution is 2.39. The van der Waals surface area contributed by atoms with Crippen LogP contribution in [-0.4, -0.2) is 6.04 Å². The molecule has 0 saturated heterocycles. The van der Waals surface area contributed by atoms with Gasteiger partial charge in [0.2, 0.25) is 0 Å². The Bertz CT molecular complexity index is 2020. The number of allylic oxidation sites excluding steroid dienone is 2. The van der Waals surface area contributed by atoms with Crippen LogP contribution in [0, 0.1) is 6.92 Å². The van der Waals surface area contributed by atoms with E-state index in [1.165, 1.54) is 54.9 Å². The van der Waals surface area contributed by atoms with Gasteiger partial charge in [0.1, 0.15) is 0 Å². The van der Waals surface area contributed by atoms with E-state index >= 15 is 0 Å². The lowest BCUT2D eigenvalue weighted by molar-refractivity contribution is 0.721. The Labute approximate surface area is 267 Å². The van der Waals surface area contributed by atoms with Crippen LogP contribution in [-0.2, 0) is 0 Å². The quantitative estimate of drug-likeness (QED) is 0.216. The molecule has 2 aliphatic carbocycles. The van der Waals surface area contributed by atoms with Gasteiger partial charge in [-0.05, 0) is 57.8 Å². The monoisotopic (exact) mass is 584 g/mol. The summed E-state index contributed by atoms with van der Waals surface area (Å²) in [6.45, 7) is 6.08. The van der Waals surface area contributed by atoms with Gasteiger partial charge in [-0.3, -0.25) is 0 Å². The van der Waals surface area contributed by atoms with E-state index in [-0.39, 0.29) is 6.04 Å². The fourth-order valence-corrected chi connectivity index (χ4v) is 6.09.